The zero-order chi connectivity index (χ0) is 22.6. The van der Waals surface area contributed by atoms with E-state index in [4.69, 9.17) is 4.74 Å². The van der Waals surface area contributed by atoms with Crippen LogP contribution in [0.4, 0.5) is 25.0 Å². The van der Waals surface area contributed by atoms with Gasteiger partial charge in [0.2, 0.25) is 5.91 Å². The molecule has 2 amide bonds. The highest BCUT2D eigenvalue weighted by Gasteiger charge is 2.48. The van der Waals surface area contributed by atoms with Crippen molar-refractivity contribution < 1.29 is 23.1 Å². The van der Waals surface area contributed by atoms with Gasteiger partial charge in [0, 0.05) is 51.2 Å². The van der Waals surface area contributed by atoms with E-state index in [1.807, 2.05) is 36.0 Å². The molecule has 2 aromatic rings. The summed E-state index contributed by atoms with van der Waals surface area (Å²) in [7, 11) is 0. The summed E-state index contributed by atoms with van der Waals surface area (Å²) in [6.45, 7) is 5.28. The number of hydrogen-bond donors (Lipinski definition) is 1. The number of carbonyl (C=O) groups is 2. The Morgan fingerprint density at radius 1 is 1.19 bits per heavy atom. The molecule has 1 atom stereocenters. The van der Waals surface area contributed by atoms with E-state index in [1.54, 1.807) is 11.1 Å². The first kappa shape index (κ1) is 20.9. The monoisotopic (exact) mass is 445 g/mol. The molecule has 8 nitrogen and oxygen atoms in total. The highest BCUT2D eigenvalue weighted by molar-refractivity contribution is 6.03. The number of hydrogen-bond acceptors (Lipinski definition) is 5. The second-order valence-corrected chi connectivity index (χ2v) is 8.84. The number of nitrogens with zero attached hydrogens (tertiary/aromatic N) is 4. The summed E-state index contributed by atoms with van der Waals surface area (Å²) in [4.78, 5) is 28.3. The number of alkyl halides is 2. The van der Waals surface area contributed by atoms with Gasteiger partial charge in [0.25, 0.3) is 5.92 Å². The van der Waals surface area contributed by atoms with E-state index in [0.29, 0.717) is 17.4 Å². The van der Waals surface area contributed by atoms with Crippen LogP contribution >= 0.6 is 0 Å². The number of ether oxygens (including phenoxy) is 1. The molecule has 1 saturated heterocycles. The highest BCUT2D eigenvalue weighted by atomic mass is 19.3. The van der Waals surface area contributed by atoms with Crippen molar-refractivity contribution in [3.63, 3.8) is 0 Å². The second-order valence-electron chi connectivity index (χ2n) is 8.84. The van der Waals surface area contributed by atoms with Crippen LogP contribution in [0.25, 0.3) is 11.1 Å². The maximum Gasteiger partial charge on any atom is 0.414 e. The van der Waals surface area contributed by atoms with Crippen molar-refractivity contribution in [3.05, 3.63) is 30.6 Å². The molecule has 0 bridgehead atoms. The molecule has 1 N–H and O–H groups in total. The van der Waals surface area contributed by atoms with Crippen LogP contribution in [0.1, 0.15) is 32.7 Å². The Hall–Kier alpha value is -3.01. The zero-order valence-corrected chi connectivity index (χ0v) is 17.9. The van der Waals surface area contributed by atoms with Crippen molar-refractivity contribution in [3.8, 4) is 11.1 Å². The Bertz CT molecular complexity index is 1060. The molecular formula is C22H25F2N5O3. The number of carbonyl (C=O) groups excluding carboxylic acids is 2. The van der Waals surface area contributed by atoms with Gasteiger partial charge in [0.15, 0.2) is 0 Å². The van der Waals surface area contributed by atoms with Gasteiger partial charge in [-0.05, 0) is 24.6 Å². The van der Waals surface area contributed by atoms with E-state index in [0.717, 1.165) is 24.2 Å². The Morgan fingerprint density at radius 2 is 1.94 bits per heavy atom. The lowest BCUT2D eigenvalue weighted by atomic mass is 9.91. The van der Waals surface area contributed by atoms with Crippen molar-refractivity contribution in [2.24, 2.45) is 0 Å². The predicted molar refractivity (Wildman–Crippen MR) is 114 cm³/mol. The topological polar surface area (TPSA) is 79.7 Å². The molecule has 32 heavy (non-hydrogen) atoms. The lowest BCUT2D eigenvalue weighted by molar-refractivity contribution is -0.143. The maximum absolute atomic E-state index is 13.2. The van der Waals surface area contributed by atoms with Gasteiger partial charge in [-0.25, -0.2) is 13.6 Å². The van der Waals surface area contributed by atoms with E-state index >= 15 is 0 Å². The molecule has 1 aromatic carbocycles. The second kappa shape index (κ2) is 7.54. The van der Waals surface area contributed by atoms with Gasteiger partial charge in [-0.15, -0.1) is 0 Å². The lowest BCUT2D eigenvalue weighted by Crippen LogP contribution is -2.53. The van der Waals surface area contributed by atoms with Crippen LogP contribution in [-0.4, -0.2) is 59.5 Å². The van der Waals surface area contributed by atoms with Crippen LogP contribution in [0.2, 0.25) is 0 Å². The fraction of sp³-hybridized carbons (Fsp3) is 0.500. The minimum Gasteiger partial charge on any atom is -0.445 e. The van der Waals surface area contributed by atoms with Crippen LogP contribution < -0.4 is 15.1 Å². The number of anilines is 2. The molecule has 2 aliphatic heterocycles. The van der Waals surface area contributed by atoms with Gasteiger partial charge >= 0.3 is 6.09 Å². The van der Waals surface area contributed by atoms with Gasteiger partial charge < -0.3 is 15.0 Å². The molecule has 1 saturated carbocycles. The number of benzene rings is 1. The van der Waals surface area contributed by atoms with Crippen molar-refractivity contribution >= 4 is 23.4 Å². The van der Waals surface area contributed by atoms with Gasteiger partial charge in [0.1, 0.15) is 6.10 Å². The molecule has 1 aromatic heterocycles. The molecule has 1 aliphatic carbocycles. The Morgan fingerprint density at radius 3 is 2.56 bits per heavy atom. The van der Waals surface area contributed by atoms with Gasteiger partial charge in [-0.3, -0.25) is 14.4 Å². The van der Waals surface area contributed by atoms with Crippen LogP contribution in [-0.2, 0) is 9.53 Å². The van der Waals surface area contributed by atoms with E-state index in [9.17, 15) is 18.4 Å². The molecule has 170 valence electrons. The fourth-order valence-corrected chi connectivity index (χ4v) is 4.50. The zero-order valence-electron chi connectivity index (χ0n) is 17.9. The van der Waals surface area contributed by atoms with Crippen LogP contribution in [0.5, 0.6) is 0 Å². The van der Waals surface area contributed by atoms with E-state index in [2.05, 4.69) is 10.4 Å². The number of halogens is 2. The average Bonchev–Trinajstić information content (AvgIpc) is 3.13. The Labute approximate surface area is 184 Å². The third kappa shape index (κ3) is 3.62. The van der Waals surface area contributed by atoms with E-state index in [1.165, 1.54) is 11.8 Å². The average molecular weight is 445 g/mol. The van der Waals surface area contributed by atoms with Gasteiger partial charge in [-0.1, -0.05) is 6.07 Å². The summed E-state index contributed by atoms with van der Waals surface area (Å²) in [5, 5.41) is 7.66. The summed E-state index contributed by atoms with van der Waals surface area (Å²) in [5.74, 6) is -2.91. The van der Waals surface area contributed by atoms with E-state index in [-0.39, 0.29) is 18.5 Å². The molecule has 10 heteroatoms. The standard InChI is InChI=1S/C22H25F2N5O3/c1-13-11-27(21(31)32-18-6-22(23,24)7-18)20-5-15(3-4-19(20)29(13)14(2)30)16-8-26-28(12-16)17-9-25-10-17/h3-5,8,12-13,17-18,25H,6-7,9-11H2,1-2H3/t13-/m0/s1. The van der Waals surface area contributed by atoms with Crippen molar-refractivity contribution in [1.82, 2.24) is 15.1 Å². The van der Waals surface area contributed by atoms with Crippen LogP contribution in [0.3, 0.4) is 0 Å². The predicted octanol–water partition coefficient (Wildman–Crippen LogP) is 3.19. The summed E-state index contributed by atoms with van der Waals surface area (Å²) in [6, 6.07) is 5.57. The summed E-state index contributed by atoms with van der Waals surface area (Å²) in [5.41, 5.74) is 2.84. The largest absolute Gasteiger partial charge is 0.445 e. The van der Waals surface area contributed by atoms with Gasteiger partial charge in [-0.2, -0.15) is 5.10 Å². The summed E-state index contributed by atoms with van der Waals surface area (Å²) < 4.78 is 33.6. The third-order valence-electron chi connectivity index (χ3n) is 6.36. The van der Waals surface area contributed by atoms with Crippen LogP contribution in [0, 0.1) is 0 Å². The molecular weight excluding hydrogens is 420 g/mol. The SMILES string of the molecule is CC(=O)N1c2ccc(-c3cnn(C4CNC4)c3)cc2N(C(=O)OC2CC(F)(F)C2)C[C@@H]1C. The summed E-state index contributed by atoms with van der Waals surface area (Å²) >= 11 is 0. The number of amides is 2. The first-order chi connectivity index (χ1) is 15.2. The molecule has 3 heterocycles. The van der Waals surface area contributed by atoms with Crippen molar-refractivity contribution in [2.45, 2.75) is 50.8 Å². The fourth-order valence-electron chi connectivity index (χ4n) is 4.50. The highest BCUT2D eigenvalue weighted by Crippen LogP contribution is 2.42. The Balaban J connectivity index is 1.46. The van der Waals surface area contributed by atoms with Crippen molar-refractivity contribution in [1.29, 1.82) is 0 Å². The van der Waals surface area contributed by atoms with Crippen LogP contribution in [0.15, 0.2) is 30.6 Å². The van der Waals surface area contributed by atoms with E-state index < -0.39 is 31.0 Å². The first-order valence-corrected chi connectivity index (χ1v) is 10.8. The third-order valence-corrected chi connectivity index (χ3v) is 6.36. The quantitative estimate of drug-likeness (QED) is 0.785. The molecule has 0 radical (unpaired) electrons. The molecule has 5 rings (SSSR count). The smallest absolute Gasteiger partial charge is 0.414 e. The Kier molecular flexibility index (Phi) is 4.92. The summed E-state index contributed by atoms with van der Waals surface area (Å²) in [6.07, 6.45) is 1.36. The maximum atomic E-state index is 13.2. The minimum absolute atomic E-state index is 0.136. The van der Waals surface area contributed by atoms with Crippen molar-refractivity contribution in [2.75, 3.05) is 29.4 Å². The molecule has 0 unspecified atom stereocenters. The molecule has 0 spiro atoms. The first-order valence-electron chi connectivity index (χ1n) is 10.8. The number of aromatic nitrogens is 2. The molecule has 3 aliphatic rings. The minimum atomic E-state index is -2.77. The molecule has 2 fully saturated rings. The van der Waals surface area contributed by atoms with Gasteiger partial charge in [0.05, 0.1) is 29.7 Å². The normalized spacial score (nSPS) is 22.7. The lowest BCUT2D eigenvalue weighted by Gasteiger charge is -2.42. The number of nitrogens with one attached hydrogen (secondary N) is 1. The number of rotatable bonds is 3. The number of fused-ring (bicyclic) bond motifs is 1.